The third-order valence-electron chi connectivity index (χ3n) is 3.57. The van der Waals surface area contributed by atoms with Crippen molar-refractivity contribution in [2.45, 2.75) is 6.92 Å². The minimum Gasteiger partial charge on any atom is -0.483 e. The van der Waals surface area contributed by atoms with Gasteiger partial charge in [-0.3, -0.25) is 20.4 Å². The highest BCUT2D eigenvalue weighted by molar-refractivity contribution is 7.21. The number of hydrogen-bond acceptors (Lipinski definition) is 4. The average Bonchev–Trinajstić information content (AvgIpc) is 2.95. The van der Waals surface area contributed by atoms with E-state index in [2.05, 4.69) is 10.9 Å². The van der Waals surface area contributed by atoms with E-state index >= 15 is 0 Å². The van der Waals surface area contributed by atoms with E-state index in [-0.39, 0.29) is 16.5 Å². The minimum absolute atomic E-state index is 0.187. The fourth-order valence-corrected chi connectivity index (χ4v) is 3.70. The van der Waals surface area contributed by atoms with Gasteiger partial charge in [-0.05, 0) is 36.8 Å². The first kappa shape index (κ1) is 18.2. The van der Waals surface area contributed by atoms with E-state index in [1.54, 1.807) is 12.1 Å². The molecule has 134 valence electrons. The Balaban J connectivity index is 1.59. The van der Waals surface area contributed by atoms with Crippen LogP contribution in [0.2, 0.25) is 5.02 Å². The Morgan fingerprint density at radius 1 is 1.19 bits per heavy atom. The first-order valence-corrected chi connectivity index (χ1v) is 8.80. The van der Waals surface area contributed by atoms with E-state index in [1.807, 2.05) is 19.1 Å². The molecule has 2 amide bonds. The van der Waals surface area contributed by atoms with Crippen LogP contribution in [-0.4, -0.2) is 18.4 Å². The van der Waals surface area contributed by atoms with Crippen molar-refractivity contribution in [1.29, 1.82) is 0 Å². The lowest BCUT2D eigenvalue weighted by Gasteiger charge is -2.09. The van der Waals surface area contributed by atoms with Crippen LogP contribution in [0.4, 0.5) is 4.39 Å². The summed E-state index contributed by atoms with van der Waals surface area (Å²) in [6.07, 6.45) is 0. The number of hydrazine groups is 1. The second-order valence-electron chi connectivity index (χ2n) is 5.44. The van der Waals surface area contributed by atoms with E-state index in [4.69, 9.17) is 16.3 Å². The summed E-state index contributed by atoms with van der Waals surface area (Å²) in [5, 5.41) is 0.797. The molecule has 0 saturated carbocycles. The molecular weight excluding hydrogens is 379 g/mol. The SMILES string of the molecule is Cc1ccccc1OCC(=O)NNC(=O)c1sc2cc(F)ccc2c1Cl. The maximum Gasteiger partial charge on any atom is 0.281 e. The summed E-state index contributed by atoms with van der Waals surface area (Å²) in [4.78, 5) is 24.2. The lowest BCUT2D eigenvalue weighted by Crippen LogP contribution is -2.43. The zero-order chi connectivity index (χ0) is 18.7. The fraction of sp³-hybridized carbons (Fsp3) is 0.111. The van der Waals surface area contributed by atoms with Gasteiger partial charge in [0.25, 0.3) is 11.8 Å². The van der Waals surface area contributed by atoms with Gasteiger partial charge in [-0.25, -0.2) is 4.39 Å². The number of hydrogen-bond donors (Lipinski definition) is 2. The maximum atomic E-state index is 13.3. The normalized spacial score (nSPS) is 10.6. The van der Waals surface area contributed by atoms with Crippen LogP contribution in [0, 0.1) is 12.7 Å². The van der Waals surface area contributed by atoms with Gasteiger partial charge in [-0.15, -0.1) is 11.3 Å². The number of nitrogens with one attached hydrogen (secondary N) is 2. The molecule has 1 heterocycles. The second-order valence-corrected chi connectivity index (χ2v) is 6.87. The Morgan fingerprint density at radius 2 is 1.96 bits per heavy atom. The molecule has 2 N–H and O–H groups in total. The lowest BCUT2D eigenvalue weighted by molar-refractivity contribution is -0.123. The molecule has 0 aliphatic rings. The number of rotatable bonds is 4. The van der Waals surface area contributed by atoms with Gasteiger partial charge >= 0.3 is 0 Å². The first-order chi connectivity index (χ1) is 12.5. The number of carbonyl (C=O) groups excluding carboxylic acids is 2. The third kappa shape index (κ3) is 3.95. The number of ether oxygens (including phenoxy) is 1. The van der Waals surface area contributed by atoms with Gasteiger partial charge in [0.15, 0.2) is 6.61 Å². The predicted molar refractivity (Wildman–Crippen MR) is 99.1 cm³/mol. The van der Waals surface area contributed by atoms with Crippen LogP contribution < -0.4 is 15.6 Å². The third-order valence-corrected chi connectivity index (χ3v) is 5.22. The van der Waals surface area contributed by atoms with Crippen LogP contribution in [0.15, 0.2) is 42.5 Å². The zero-order valence-electron chi connectivity index (χ0n) is 13.6. The number of para-hydroxylation sites is 1. The van der Waals surface area contributed by atoms with Gasteiger partial charge in [0.2, 0.25) is 0 Å². The largest absolute Gasteiger partial charge is 0.483 e. The fourth-order valence-electron chi connectivity index (χ4n) is 2.27. The molecule has 5 nitrogen and oxygen atoms in total. The van der Waals surface area contributed by atoms with Crippen molar-refractivity contribution < 1.29 is 18.7 Å². The van der Waals surface area contributed by atoms with Crippen molar-refractivity contribution in [2.75, 3.05) is 6.61 Å². The topological polar surface area (TPSA) is 67.4 Å². The van der Waals surface area contributed by atoms with Gasteiger partial charge in [-0.2, -0.15) is 0 Å². The quantitative estimate of drug-likeness (QED) is 0.663. The molecule has 0 radical (unpaired) electrons. The highest BCUT2D eigenvalue weighted by Gasteiger charge is 2.18. The van der Waals surface area contributed by atoms with Crippen molar-refractivity contribution in [3.63, 3.8) is 0 Å². The minimum atomic E-state index is -0.583. The molecule has 0 atom stereocenters. The zero-order valence-corrected chi connectivity index (χ0v) is 15.2. The maximum absolute atomic E-state index is 13.3. The number of amides is 2. The number of thiophene rings is 1. The summed E-state index contributed by atoms with van der Waals surface area (Å²) >= 11 is 7.21. The monoisotopic (exact) mass is 392 g/mol. The van der Waals surface area contributed by atoms with Gasteiger partial charge in [-0.1, -0.05) is 29.8 Å². The van der Waals surface area contributed by atoms with Gasteiger partial charge in [0.1, 0.15) is 16.4 Å². The molecular formula is C18H14ClFN2O3S. The van der Waals surface area contributed by atoms with E-state index < -0.39 is 17.6 Å². The number of aryl methyl sites for hydroxylation is 1. The van der Waals surface area contributed by atoms with Crippen LogP contribution in [0.25, 0.3) is 10.1 Å². The van der Waals surface area contributed by atoms with E-state index in [9.17, 15) is 14.0 Å². The van der Waals surface area contributed by atoms with Crippen molar-refractivity contribution in [2.24, 2.45) is 0 Å². The molecule has 0 spiro atoms. The number of benzene rings is 2. The van der Waals surface area contributed by atoms with E-state index in [0.29, 0.717) is 15.8 Å². The molecule has 0 bridgehead atoms. The summed E-state index contributed by atoms with van der Waals surface area (Å²) in [5.74, 6) is -0.932. The highest BCUT2D eigenvalue weighted by atomic mass is 35.5. The predicted octanol–water partition coefficient (Wildman–Crippen LogP) is 3.84. The van der Waals surface area contributed by atoms with Crippen LogP contribution in [0.5, 0.6) is 5.75 Å². The van der Waals surface area contributed by atoms with Crippen LogP contribution in [0.1, 0.15) is 15.2 Å². The molecule has 8 heteroatoms. The Bertz CT molecular complexity index is 990. The Hall–Kier alpha value is -2.64. The Kier molecular flexibility index (Phi) is 5.39. The summed E-state index contributed by atoms with van der Waals surface area (Å²) < 4.78 is 19.2. The molecule has 1 aromatic heterocycles. The molecule has 0 unspecified atom stereocenters. The standard InChI is InChI=1S/C18H14ClFN2O3S/c1-10-4-2-3-5-13(10)25-9-15(23)21-22-18(24)17-16(19)12-7-6-11(20)8-14(12)26-17/h2-8H,9H2,1H3,(H,21,23)(H,22,24). The molecule has 0 fully saturated rings. The molecule has 0 aliphatic carbocycles. The molecule has 3 rings (SSSR count). The molecule has 0 aliphatic heterocycles. The summed E-state index contributed by atoms with van der Waals surface area (Å²) in [7, 11) is 0. The van der Waals surface area contributed by atoms with Crippen LogP contribution >= 0.6 is 22.9 Å². The molecule has 26 heavy (non-hydrogen) atoms. The summed E-state index contributed by atoms with van der Waals surface area (Å²) in [5.41, 5.74) is 5.44. The van der Waals surface area contributed by atoms with Crippen molar-refractivity contribution >= 4 is 44.8 Å². The van der Waals surface area contributed by atoms with Gasteiger partial charge in [0, 0.05) is 10.1 Å². The van der Waals surface area contributed by atoms with E-state index in [0.717, 1.165) is 16.9 Å². The number of halogens is 2. The van der Waals surface area contributed by atoms with Crippen molar-refractivity contribution in [3.8, 4) is 5.75 Å². The Morgan fingerprint density at radius 3 is 2.73 bits per heavy atom. The molecule has 3 aromatic rings. The molecule has 0 saturated heterocycles. The van der Waals surface area contributed by atoms with Crippen molar-refractivity contribution in [3.05, 3.63) is 63.7 Å². The van der Waals surface area contributed by atoms with Crippen LogP contribution in [0.3, 0.4) is 0 Å². The average molecular weight is 393 g/mol. The van der Waals surface area contributed by atoms with E-state index in [1.165, 1.54) is 18.2 Å². The first-order valence-electron chi connectivity index (χ1n) is 7.61. The summed E-state index contributed by atoms with van der Waals surface area (Å²) in [6.45, 7) is 1.61. The summed E-state index contributed by atoms with van der Waals surface area (Å²) in [6, 6.07) is 11.4. The lowest BCUT2D eigenvalue weighted by atomic mass is 10.2. The van der Waals surface area contributed by atoms with Crippen LogP contribution in [-0.2, 0) is 4.79 Å². The number of fused-ring (bicyclic) bond motifs is 1. The van der Waals surface area contributed by atoms with Gasteiger partial charge < -0.3 is 4.74 Å². The Labute approximate surface area is 157 Å². The van der Waals surface area contributed by atoms with Gasteiger partial charge in [0.05, 0.1) is 5.02 Å². The molecule has 2 aromatic carbocycles. The smallest absolute Gasteiger partial charge is 0.281 e. The number of carbonyl (C=O) groups is 2. The second kappa shape index (κ2) is 7.72. The van der Waals surface area contributed by atoms with Crippen molar-refractivity contribution in [1.82, 2.24) is 10.9 Å². The highest BCUT2D eigenvalue weighted by Crippen LogP contribution is 2.35.